The van der Waals surface area contributed by atoms with Crippen LogP contribution in [0.3, 0.4) is 0 Å². The summed E-state index contributed by atoms with van der Waals surface area (Å²) < 4.78 is 2.02. The molecule has 1 unspecified atom stereocenters. The van der Waals surface area contributed by atoms with Gasteiger partial charge in [0.1, 0.15) is 5.82 Å². The van der Waals surface area contributed by atoms with Gasteiger partial charge in [-0.1, -0.05) is 115 Å². The van der Waals surface area contributed by atoms with Crippen LogP contribution < -0.4 is 4.90 Å². The van der Waals surface area contributed by atoms with Gasteiger partial charge in [-0.2, -0.15) is 0 Å². The molecule has 4 nitrogen and oxygen atoms in total. The highest BCUT2D eigenvalue weighted by Gasteiger charge is 2.44. The van der Waals surface area contributed by atoms with Crippen LogP contribution >= 0.6 is 10.0 Å². The van der Waals surface area contributed by atoms with E-state index in [0.29, 0.717) is 0 Å². The number of para-hydroxylation sites is 2. The fourth-order valence-electron chi connectivity index (χ4n) is 7.50. The van der Waals surface area contributed by atoms with Crippen molar-refractivity contribution >= 4 is 15.7 Å². The molecule has 1 aliphatic heterocycles. The van der Waals surface area contributed by atoms with Crippen LogP contribution in [0.2, 0.25) is 0 Å². The quantitative estimate of drug-likeness (QED) is 0.180. The maximum Gasteiger partial charge on any atom is 0.181 e. The van der Waals surface area contributed by atoms with Gasteiger partial charge >= 0.3 is 0 Å². The highest BCUT2D eigenvalue weighted by molar-refractivity contribution is 8.37. The normalized spacial score (nSPS) is 18.4. The minimum atomic E-state index is -1.69. The van der Waals surface area contributed by atoms with Gasteiger partial charge in [0.2, 0.25) is 0 Å². The molecule has 1 atom stereocenters. The van der Waals surface area contributed by atoms with E-state index in [4.69, 9.17) is 10.1 Å². The van der Waals surface area contributed by atoms with Crippen LogP contribution in [0.15, 0.2) is 207 Å². The Morgan fingerprint density at radius 3 is 1.96 bits per heavy atom. The van der Waals surface area contributed by atoms with Crippen molar-refractivity contribution in [1.29, 1.82) is 0 Å². The standard InChI is InChI=1S/C44H36N4S/c1-5-17-33(18-6-1)43-45-44(48(46-43)36-19-7-2-8-20-36)34-29-31-35(32-30-34)47-39-25-13-15-27-41(39)49(37-21-9-3-10-22-37,38-23-11-4-12-24-38)42-28-16-14-26-40(42)47/h1-15,17-27,29,31-32,34H,16,28,30H2. The number of benzene rings is 5. The maximum atomic E-state index is 5.15. The van der Waals surface area contributed by atoms with Crippen molar-refractivity contribution in [2.45, 2.75) is 39.9 Å². The predicted molar refractivity (Wildman–Crippen MR) is 201 cm³/mol. The molecule has 0 spiro atoms. The van der Waals surface area contributed by atoms with Gasteiger partial charge in [-0.3, -0.25) is 0 Å². The summed E-state index contributed by atoms with van der Waals surface area (Å²) in [4.78, 5) is 13.4. The Hall–Kier alpha value is -5.65. The van der Waals surface area contributed by atoms with Crippen molar-refractivity contribution in [1.82, 2.24) is 14.8 Å². The number of anilines is 1. The van der Waals surface area contributed by atoms with Crippen molar-refractivity contribution < 1.29 is 0 Å². The molecule has 1 aromatic heterocycles. The lowest BCUT2D eigenvalue weighted by atomic mass is 9.96. The monoisotopic (exact) mass is 652 g/mol. The van der Waals surface area contributed by atoms with E-state index in [1.54, 1.807) is 0 Å². The molecule has 0 fully saturated rings. The smallest absolute Gasteiger partial charge is 0.181 e. The van der Waals surface area contributed by atoms with Crippen molar-refractivity contribution in [3.8, 4) is 17.1 Å². The third kappa shape index (κ3) is 4.92. The molecule has 9 rings (SSSR count). The van der Waals surface area contributed by atoms with Gasteiger partial charge in [0, 0.05) is 36.8 Å². The molecule has 5 aromatic carbocycles. The Balaban J connectivity index is 1.16. The van der Waals surface area contributed by atoms with E-state index in [1.165, 1.54) is 36.7 Å². The average molecular weight is 653 g/mol. The van der Waals surface area contributed by atoms with E-state index in [1.807, 2.05) is 28.9 Å². The van der Waals surface area contributed by atoms with Crippen LogP contribution in [0.4, 0.5) is 5.69 Å². The third-order valence-electron chi connectivity index (χ3n) is 9.67. The predicted octanol–water partition coefficient (Wildman–Crippen LogP) is 11.2. The fourth-order valence-corrected chi connectivity index (χ4v) is 11.9. The summed E-state index contributed by atoms with van der Waals surface area (Å²) in [5.41, 5.74) is 5.80. The second kappa shape index (κ2) is 12.4. The first-order valence-corrected chi connectivity index (χ1v) is 18.6. The highest BCUT2D eigenvalue weighted by atomic mass is 32.3. The lowest BCUT2D eigenvalue weighted by Crippen LogP contribution is -2.30. The summed E-state index contributed by atoms with van der Waals surface area (Å²) in [6, 6.07) is 52.1. The summed E-state index contributed by atoms with van der Waals surface area (Å²) in [6.45, 7) is 0. The molecule has 49 heavy (non-hydrogen) atoms. The fraction of sp³-hybridized carbons (Fsp3) is 0.0909. The second-order valence-electron chi connectivity index (χ2n) is 12.5. The van der Waals surface area contributed by atoms with Crippen LogP contribution in [-0.2, 0) is 0 Å². The molecular weight excluding hydrogens is 617 g/mol. The largest absolute Gasteiger partial charge is 0.309 e. The molecule has 0 radical (unpaired) electrons. The van der Waals surface area contributed by atoms with Gasteiger partial charge in [-0.05, 0) is 79.9 Å². The molecule has 2 aliphatic carbocycles. The van der Waals surface area contributed by atoms with E-state index in [-0.39, 0.29) is 5.92 Å². The number of aromatic nitrogens is 3. The molecule has 5 heteroatoms. The van der Waals surface area contributed by atoms with E-state index < -0.39 is 10.0 Å². The van der Waals surface area contributed by atoms with Gasteiger partial charge in [0.25, 0.3) is 0 Å². The zero-order valence-corrected chi connectivity index (χ0v) is 28.0. The van der Waals surface area contributed by atoms with E-state index >= 15 is 0 Å². The Bertz CT molecular complexity index is 2210. The Morgan fingerprint density at radius 1 is 0.653 bits per heavy atom. The molecule has 0 amide bonds. The lowest BCUT2D eigenvalue weighted by molar-refractivity contribution is 0.710. The second-order valence-corrected chi connectivity index (χ2v) is 15.6. The van der Waals surface area contributed by atoms with Crippen LogP contribution in [0, 0.1) is 0 Å². The topological polar surface area (TPSA) is 34.0 Å². The Kier molecular flexibility index (Phi) is 7.47. The molecule has 0 saturated carbocycles. The maximum absolute atomic E-state index is 5.15. The van der Waals surface area contributed by atoms with Gasteiger partial charge in [-0.15, -0.1) is 15.1 Å². The average Bonchev–Trinajstić information content (AvgIpc) is 3.64. The first-order chi connectivity index (χ1) is 24.3. The lowest BCUT2D eigenvalue weighted by Gasteiger charge is -2.52. The molecule has 6 aromatic rings. The number of nitrogens with zero attached hydrogens (tertiary/aromatic N) is 4. The van der Waals surface area contributed by atoms with Crippen LogP contribution in [0.5, 0.6) is 0 Å². The Labute approximate surface area is 289 Å². The molecule has 0 bridgehead atoms. The Morgan fingerprint density at radius 2 is 1.29 bits per heavy atom. The SMILES string of the molecule is C1=CC2=C(CC1)S(c1ccccc1)(c1ccccc1)c1ccccc1N2C1=CCC(c2nc(-c3ccccc3)nn2-c2ccccc2)C=C1. The zero-order chi connectivity index (χ0) is 32.6. The van der Waals surface area contributed by atoms with Crippen molar-refractivity contribution in [3.05, 3.63) is 198 Å². The van der Waals surface area contributed by atoms with Crippen LogP contribution in [-0.4, -0.2) is 14.8 Å². The molecule has 0 N–H and O–H groups in total. The zero-order valence-electron chi connectivity index (χ0n) is 27.1. The van der Waals surface area contributed by atoms with E-state index in [2.05, 4.69) is 157 Å². The first kappa shape index (κ1) is 29.5. The molecule has 3 aliphatic rings. The number of hydrogen-bond acceptors (Lipinski definition) is 3. The molecule has 0 saturated heterocycles. The number of allylic oxidation sites excluding steroid dienone is 6. The van der Waals surface area contributed by atoms with Crippen LogP contribution in [0.1, 0.15) is 31.0 Å². The summed E-state index contributed by atoms with van der Waals surface area (Å²) in [7, 11) is -1.69. The van der Waals surface area contributed by atoms with Crippen molar-refractivity contribution in [2.24, 2.45) is 0 Å². The number of fused-ring (bicyclic) bond motifs is 1. The first-order valence-electron chi connectivity index (χ1n) is 17.0. The van der Waals surface area contributed by atoms with Crippen molar-refractivity contribution in [3.63, 3.8) is 0 Å². The van der Waals surface area contributed by atoms with Gasteiger partial charge in [0.05, 0.1) is 17.1 Å². The van der Waals surface area contributed by atoms with Gasteiger partial charge < -0.3 is 4.90 Å². The minimum absolute atomic E-state index is 0.0858. The van der Waals surface area contributed by atoms with E-state index in [0.717, 1.165) is 42.2 Å². The third-order valence-corrected chi connectivity index (χ3v) is 13.8. The number of rotatable bonds is 6. The summed E-state index contributed by atoms with van der Waals surface area (Å²) in [5, 5.41) is 5.02. The molecule has 2 heterocycles. The molecular formula is C44H36N4S. The van der Waals surface area contributed by atoms with Crippen molar-refractivity contribution in [2.75, 3.05) is 4.90 Å². The molecule has 238 valence electrons. The highest BCUT2D eigenvalue weighted by Crippen LogP contribution is 2.78. The van der Waals surface area contributed by atoms with Crippen LogP contribution in [0.25, 0.3) is 17.1 Å². The van der Waals surface area contributed by atoms with Gasteiger partial charge in [-0.25, -0.2) is 9.67 Å². The van der Waals surface area contributed by atoms with E-state index in [9.17, 15) is 0 Å². The van der Waals surface area contributed by atoms with Gasteiger partial charge in [0.15, 0.2) is 5.82 Å². The summed E-state index contributed by atoms with van der Waals surface area (Å²) in [6.07, 6.45) is 14.6. The summed E-state index contributed by atoms with van der Waals surface area (Å²) >= 11 is 0. The number of hydrogen-bond donors (Lipinski definition) is 0. The minimum Gasteiger partial charge on any atom is -0.309 e. The summed E-state index contributed by atoms with van der Waals surface area (Å²) in [5.74, 6) is 1.78.